The summed E-state index contributed by atoms with van der Waals surface area (Å²) in [6.45, 7) is 7.02. The van der Waals surface area contributed by atoms with Gasteiger partial charge in [0.1, 0.15) is 0 Å². The van der Waals surface area contributed by atoms with Crippen molar-refractivity contribution < 1.29 is 0 Å². The van der Waals surface area contributed by atoms with E-state index in [4.69, 9.17) is 0 Å². The number of fused-ring (bicyclic) bond motifs is 1. The third-order valence-corrected chi connectivity index (χ3v) is 5.55. The highest BCUT2D eigenvalue weighted by atomic mass is 32.2. The van der Waals surface area contributed by atoms with Crippen LogP contribution in [-0.4, -0.2) is 18.3 Å². The normalized spacial score (nSPS) is 21.9. The first kappa shape index (κ1) is 14.0. The Bertz CT molecular complexity index is 363. The summed E-state index contributed by atoms with van der Waals surface area (Å²) in [6.07, 6.45) is 2.57. The molecule has 0 spiro atoms. The van der Waals surface area contributed by atoms with Crippen LogP contribution in [0.15, 0.2) is 29.2 Å². The van der Waals surface area contributed by atoms with E-state index in [1.165, 1.54) is 17.7 Å². The summed E-state index contributed by atoms with van der Waals surface area (Å²) >= 11 is 2.08. The van der Waals surface area contributed by atoms with Crippen LogP contribution < -0.4 is 5.32 Å². The molecule has 18 heavy (non-hydrogen) atoms. The SMILES string of the molecule is CNC(C)C(CC1Cc2ccccc2S1)C(C)C. The molecule has 0 saturated carbocycles. The first-order valence-electron chi connectivity index (χ1n) is 7.03. The van der Waals surface area contributed by atoms with Crippen LogP contribution in [0.4, 0.5) is 0 Å². The van der Waals surface area contributed by atoms with Gasteiger partial charge in [-0.2, -0.15) is 0 Å². The molecule has 3 unspecified atom stereocenters. The smallest absolute Gasteiger partial charge is 0.0139 e. The highest BCUT2D eigenvalue weighted by Gasteiger charge is 2.28. The van der Waals surface area contributed by atoms with Gasteiger partial charge in [0.05, 0.1) is 0 Å². The van der Waals surface area contributed by atoms with E-state index in [1.807, 2.05) is 0 Å². The van der Waals surface area contributed by atoms with Crippen molar-refractivity contribution in [2.75, 3.05) is 7.05 Å². The molecule has 0 amide bonds. The van der Waals surface area contributed by atoms with E-state index >= 15 is 0 Å². The van der Waals surface area contributed by atoms with Gasteiger partial charge in [-0.3, -0.25) is 0 Å². The van der Waals surface area contributed by atoms with Crippen LogP contribution in [0.1, 0.15) is 32.8 Å². The Morgan fingerprint density at radius 1 is 1.28 bits per heavy atom. The van der Waals surface area contributed by atoms with Gasteiger partial charge in [-0.25, -0.2) is 0 Å². The Hall–Kier alpha value is -0.470. The van der Waals surface area contributed by atoms with Gasteiger partial charge < -0.3 is 5.32 Å². The van der Waals surface area contributed by atoms with E-state index in [0.717, 1.165) is 17.1 Å². The Kier molecular flexibility index (Phi) is 4.74. The minimum atomic E-state index is 0.606. The molecule has 1 nitrogen and oxygen atoms in total. The molecule has 1 heterocycles. The summed E-state index contributed by atoms with van der Waals surface area (Å²) in [6, 6.07) is 9.48. The van der Waals surface area contributed by atoms with Crippen LogP contribution in [0.3, 0.4) is 0 Å². The minimum Gasteiger partial charge on any atom is -0.317 e. The van der Waals surface area contributed by atoms with Gasteiger partial charge in [-0.1, -0.05) is 32.0 Å². The summed E-state index contributed by atoms with van der Waals surface area (Å²) in [5.41, 5.74) is 1.55. The molecule has 1 aliphatic heterocycles. The van der Waals surface area contributed by atoms with Crippen molar-refractivity contribution >= 4 is 11.8 Å². The van der Waals surface area contributed by atoms with Crippen molar-refractivity contribution in [1.82, 2.24) is 5.32 Å². The molecule has 1 aromatic carbocycles. The first-order chi connectivity index (χ1) is 8.61. The maximum atomic E-state index is 3.43. The average Bonchev–Trinajstić information content (AvgIpc) is 2.77. The fourth-order valence-corrected chi connectivity index (χ4v) is 4.36. The molecule has 0 aliphatic carbocycles. The zero-order valence-electron chi connectivity index (χ0n) is 11.9. The number of benzene rings is 1. The molecule has 0 radical (unpaired) electrons. The molecule has 0 fully saturated rings. The quantitative estimate of drug-likeness (QED) is 0.862. The molecule has 100 valence electrons. The summed E-state index contributed by atoms with van der Waals surface area (Å²) in [5, 5.41) is 4.20. The zero-order valence-corrected chi connectivity index (χ0v) is 12.8. The lowest BCUT2D eigenvalue weighted by atomic mass is 9.84. The van der Waals surface area contributed by atoms with Crippen molar-refractivity contribution in [2.24, 2.45) is 11.8 Å². The standard InChI is InChI=1S/C16H25NS/c1-11(2)15(12(3)17-4)10-14-9-13-7-5-6-8-16(13)18-14/h5-8,11-12,14-15,17H,9-10H2,1-4H3. The lowest BCUT2D eigenvalue weighted by molar-refractivity contribution is 0.282. The molecular formula is C16H25NS. The van der Waals surface area contributed by atoms with Crippen molar-refractivity contribution in [3.8, 4) is 0 Å². The largest absolute Gasteiger partial charge is 0.317 e. The maximum absolute atomic E-state index is 3.43. The lowest BCUT2D eigenvalue weighted by Crippen LogP contribution is -2.35. The Balaban J connectivity index is 1.99. The number of thioether (sulfide) groups is 1. The second-order valence-corrected chi connectivity index (χ2v) is 7.11. The van der Waals surface area contributed by atoms with Crippen molar-refractivity contribution in [3.63, 3.8) is 0 Å². The van der Waals surface area contributed by atoms with Crippen molar-refractivity contribution in [1.29, 1.82) is 0 Å². The van der Waals surface area contributed by atoms with Crippen LogP contribution in [0.5, 0.6) is 0 Å². The topological polar surface area (TPSA) is 12.0 Å². The number of hydrogen-bond acceptors (Lipinski definition) is 2. The van der Waals surface area contributed by atoms with E-state index < -0.39 is 0 Å². The molecule has 2 rings (SSSR count). The number of hydrogen-bond donors (Lipinski definition) is 1. The molecule has 1 N–H and O–H groups in total. The molecule has 2 heteroatoms. The van der Waals surface area contributed by atoms with Crippen LogP contribution in [0.2, 0.25) is 0 Å². The van der Waals surface area contributed by atoms with Crippen molar-refractivity contribution in [3.05, 3.63) is 29.8 Å². The van der Waals surface area contributed by atoms with E-state index in [-0.39, 0.29) is 0 Å². The molecule has 3 atom stereocenters. The highest BCUT2D eigenvalue weighted by molar-refractivity contribution is 8.00. The highest BCUT2D eigenvalue weighted by Crippen LogP contribution is 2.40. The zero-order chi connectivity index (χ0) is 13.1. The lowest BCUT2D eigenvalue weighted by Gasteiger charge is -2.29. The minimum absolute atomic E-state index is 0.606. The Labute approximate surface area is 116 Å². The van der Waals surface area contributed by atoms with Gasteiger partial charge >= 0.3 is 0 Å². The van der Waals surface area contributed by atoms with Gasteiger partial charge in [0.2, 0.25) is 0 Å². The summed E-state index contributed by atoms with van der Waals surface area (Å²) < 4.78 is 0. The second-order valence-electron chi connectivity index (χ2n) is 5.77. The Morgan fingerprint density at radius 2 is 2.00 bits per heavy atom. The second kappa shape index (κ2) is 6.12. The first-order valence-corrected chi connectivity index (χ1v) is 7.91. The van der Waals surface area contributed by atoms with E-state index in [0.29, 0.717) is 6.04 Å². The van der Waals surface area contributed by atoms with Gasteiger partial charge in [-0.05, 0) is 50.3 Å². The molecule has 1 aliphatic rings. The van der Waals surface area contributed by atoms with Gasteiger partial charge in [-0.15, -0.1) is 11.8 Å². The predicted octanol–water partition coefficient (Wildman–Crippen LogP) is 3.97. The summed E-state index contributed by atoms with van der Waals surface area (Å²) in [7, 11) is 2.08. The number of nitrogens with one attached hydrogen (secondary N) is 1. The third kappa shape index (κ3) is 3.10. The molecule has 0 aromatic heterocycles. The summed E-state index contributed by atoms with van der Waals surface area (Å²) in [4.78, 5) is 1.50. The third-order valence-electron chi connectivity index (χ3n) is 4.20. The predicted molar refractivity (Wildman–Crippen MR) is 81.3 cm³/mol. The summed E-state index contributed by atoms with van der Waals surface area (Å²) in [5.74, 6) is 1.51. The molecule has 0 saturated heterocycles. The maximum Gasteiger partial charge on any atom is 0.0139 e. The van der Waals surface area contributed by atoms with Gasteiger partial charge in [0.25, 0.3) is 0 Å². The van der Waals surface area contributed by atoms with Crippen LogP contribution in [0.25, 0.3) is 0 Å². The van der Waals surface area contributed by atoms with Crippen LogP contribution >= 0.6 is 11.8 Å². The van der Waals surface area contributed by atoms with E-state index in [2.05, 4.69) is 69.2 Å². The van der Waals surface area contributed by atoms with Gasteiger partial charge in [0.15, 0.2) is 0 Å². The number of rotatable bonds is 5. The van der Waals surface area contributed by atoms with Crippen molar-refractivity contribution in [2.45, 2.75) is 49.8 Å². The fraction of sp³-hybridized carbons (Fsp3) is 0.625. The molecule has 1 aromatic rings. The Morgan fingerprint density at radius 3 is 2.61 bits per heavy atom. The fourth-order valence-electron chi connectivity index (χ4n) is 2.96. The average molecular weight is 263 g/mol. The van der Waals surface area contributed by atoms with Crippen LogP contribution in [-0.2, 0) is 6.42 Å². The van der Waals surface area contributed by atoms with E-state index in [1.54, 1.807) is 5.56 Å². The monoisotopic (exact) mass is 263 g/mol. The molecular weight excluding hydrogens is 238 g/mol. The van der Waals surface area contributed by atoms with Crippen LogP contribution in [0, 0.1) is 11.8 Å². The van der Waals surface area contributed by atoms with E-state index in [9.17, 15) is 0 Å². The molecule has 0 bridgehead atoms. The van der Waals surface area contributed by atoms with Gasteiger partial charge in [0, 0.05) is 16.2 Å².